The predicted octanol–water partition coefficient (Wildman–Crippen LogP) is 6.77. The average molecular weight is 406 g/mol. The maximum atomic E-state index is 6.09. The molecule has 150 valence electrons. The van der Waals surface area contributed by atoms with Crippen LogP contribution in [-0.4, -0.2) is 20.8 Å². The maximum absolute atomic E-state index is 6.09. The number of benzene rings is 2. The molecular weight excluding hydrogens is 378 g/mol. The average Bonchev–Trinajstić information content (AvgIpc) is 2.92. The number of aryl methyl sites for hydroxylation is 2. The van der Waals surface area contributed by atoms with Crippen molar-refractivity contribution in [2.24, 2.45) is 4.99 Å². The van der Waals surface area contributed by atoms with E-state index in [4.69, 9.17) is 21.6 Å². The fraction of sp³-hybridized carbons (Fsp3) is 0.360. The number of hydrogen-bond donors (Lipinski definition) is 0. The van der Waals surface area contributed by atoms with Crippen LogP contribution in [-0.2, 0) is 6.54 Å². The molecule has 3 aromatic rings. The molecule has 0 unspecified atom stereocenters. The Morgan fingerprint density at radius 2 is 1.76 bits per heavy atom. The van der Waals surface area contributed by atoms with Crippen molar-refractivity contribution < 1.29 is 0 Å². The summed E-state index contributed by atoms with van der Waals surface area (Å²) in [5.41, 5.74) is 8.54. The second kappa shape index (κ2) is 7.46. The molecule has 4 rings (SSSR count). The zero-order valence-electron chi connectivity index (χ0n) is 17.9. The van der Waals surface area contributed by atoms with Gasteiger partial charge in [0, 0.05) is 23.7 Å². The molecule has 0 radical (unpaired) electrons. The van der Waals surface area contributed by atoms with E-state index in [0.29, 0.717) is 0 Å². The van der Waals surface area contributed by atoms with Gasteiger partial charge in [-0.05, 0) is 88.1 Å². The first-order chi connectivity index (χ1) is 13.7. The summed E-state index contributed by atoms with van der Waals surface area (Å²) < 4.78 is 2.33. The summed E-state index contributed by atoms with van der Waals surface area (Å²) >= 11 is 6.09. The number of hydrogen-bond acceptors (Lipinski definition) is 2. The van der Waals surface area contributed by atoms with Crippen molar-refractivity contribution in [3.8, 4) is 0 Å². The van der Waals surface area contributed by atoms with Gasteiger partial charge < -0.3 is 4.57 Å². The van der Waals surface area contributed by atoms with E-state index in [1.165, 1.54) is 33.5 Å². The molecule has 2 heterocycles. The Kier molecular flexibility index (Phi) is 5.12. The monoisotopic (exact) mass is 405 g/mol. The van der Waals surface area contributed by atoms with Crippen LogP contribution in [0.4, 0.5) is 0 Å². The summed E-state index contributed by atoms with van der Waals surface area (Å²) in [4.78, 5) is 9.82. The molecule has 0 fully saturated rings. The summed E-state index contributed by atoms with van der Waals surface area (Å²) in [6.45, 7) is 11.6. The largest absolute Gasteiger partial charge is 0.320 e. The standard InChI is InChI=1S/C25H28ClN3/c1-16-10-22-23(11-17(16)2)29(15-19-6-8-21(26)9-7-19)24(27-22)13-20-12-18(3)28-25(4,5)14-20/h6-11,13H,12,14-15H2,1-5H3/b20-13-. The molecule has 0 saturated heterocycles. The summed E-state index contributed by atoms with van der Waals surface area (Å²) in [7, 11) is 0. The van der Waals surface area contributed by atoms with Crippen molar-refractivity contribution in [1.29, 1.82) is 0 Å². The fourth-order valence-corrected chi connectivity index (χ4v) is 4.40. The molecule has 2 aromatic carbocycles. The van der Waals surface area contributed by atoms with Crippen LogP contribution in [0.3, 0.4) is 0 Å². The number of aromatic nitrogens is 2. The van der Waals surface area contributed by atoms with Crippen LogP contribution in [0, 0.1) is 13.8 Å². The highest BCUT2D eigenvalue weighted by Crippen LogP contribution is 2.31. The first-order valence-electron chi connectivity index (χ1n) is 10.2. The van der Waals surface area contributed by atoms with Crippen LogP contribution in [0.15, 0.2) is 47.0 Å². The third-order valence-corrected chi connectivity index (χ3v) is 5.87. The van der Waals surface area contributed by atoms with E-state index in [1.54, 1.807) is 0 Å². The van der Waals surface area contributed by atoms with E-state index in [-0.39, 0.29) is 5.54 Å². The van der Waals surface area contributed by atoms with Crippen LogP contribution >= 0.6 is 11.6 Å². The Balaban J connectivity index is 1.83. The zero-order valence-corrected chi connectivity index (χ0v) is 18.6. The Labute approximate surface area is 178 Å². The van der Waals surface area contributed by atoms with E-state index in [0.717, 1.165) is 35.8 Å². The molecule has 0 spiro atoms. The third kappa shape index (κ3) is 4.30. The van der Waals surface area contributed by atoms with Gasteiger partial charge in [-0.15, -0.1) is 0 Å². The lowest BCUT2D eigenvalue weighted by Crippen LogP contribution is -2.24. The molecule has 1 aliphatic heterocycles. The molecule has 4 heteroatoms. The molecule has 0 N–H and O–H groups in total. The van der Waals surface area contributed by atoms with Crippen molar-refractivity contribution in [1.82, 2.24) is 9.55 Å². The minimum absolute atomic E-state index is 0.0473. The van der Waals surface area contributed by atoms with Crippen LogP contribution in [0.5, 0.6) is 0 Å². The van der Waals surface area contributed by atoms with Gasteiger partial charge in [-0.25, -0.2) is 4.98 Å². The minimum Gasteiger partial charge on any atom is -0.320 e. The van der Waals surface area contributed by atoms with Crippen molar-refractivity contribution >= 4 is 34.4 Å². The van der Waals surface area contributed by atoms with E-state index in [2.05, 4.69) is 69.5 Å². The number of aliphatic imine (C=N–C) groups is 1. The summed E-state index contributed by atoms with van der Waals surface area (Å²) in [5, 5.41) is 0.761. The van der Waals surface area contributed by atoms with Gasteiger partial charge >= 0.3 is 0 Å². The van der Waals surface area contributed by atoms with E-state index >= 15 is 0 Å². The van der Waals surface area contributed by atoms with Crippen LogP contribution in [0.2, 0.25) is 5.02 Å². The molecule has 1 aromatic heterocycles. The third-order valence-electron chi connectivity index (χ3n) is 5.62. The summed E-state index contributed by atoms with van der Waals surface area (Å²) in [6.07, 6.45) is 4.17. The normalized spacial score (nSPS) is 17.7. The molecule has 0 bridgehead atoms. The smallest absolute Gasteiger partial charge is 0.134 e. The number of imidazole rings is 1. The van der Waals surface area contributed by atoms with Crippen LogP contribution in [0.1, 0.15) is 56.1 Å². The Bertz CT molecular complexity index is 1130. The van der Waals surface area contributed by atoms with E-state index in [9.17, 15) is 0 Å². The molecule has 1 aliphatic rings. The summed E-state index contributed by atoms with van der Waals surface area (Å²) in [6, 6.07) is 12.5. The van der Waals surface area contributed by atoms with Gasteiger partial charge in [-0.3, -0.25) is 4.99 Å². The van der Waals surface area contributed by atoms with Gasteiger partial charge in [0.1, 0.15) is 5.82 Å². The van der Waals surface area contributed by atoms with Gasteiger partial charge in [-0.1, -0.05) is 29.3 Å². The SMILES string of the molecule is CC1=NC(C)(C)C/C(=C\c2nc3cc(C)c(C)cc3n2Cc2ccc(Cl)cc2)C1. The predicted molar refractivity (Wildman–Crippen MR) is 124 cm³/mol. The van der Waals surface area contributed by atoms with Crippen molar-refractivity contribution in [3.05, 3.63) is 69.5 Å². The Morgan fingerprint density at radius 3 is 2.45 bits per heavy atom. The van der Waals surface area contributed by atoms with Gasteiger partial charge in [-0.2, -0.15) is 0 Å². The highest BCUT2D eigenvalue weighted by atomic mass is 35.5. The van der Waals surface area contributed by atoms with Crippen molar-refractivity contribution in [3.63, 3.8) is 0 Å². The molecule has 3 nitrogen and oxygen atoms in total. The lowest BCUT2D eigenvalue weighted by atomic mass is 9.88. The van der Waals surface area contributed by atoms with Gasteiger partial charge in [0.05, 0.1) is 16.6 Å². The fourth-order valence-electron chi connectivity index (χ4n) is 4.27. The topological polar surface area (TPSA) is 30.2 Å². The van der Waals surface area contributed by atoms with Gasteiger partial charge in [0.15, 0.2) is 0 Å². The zero-order chi connectivity index (χ0) is 20.8. The van der Waals surface area contributed by atoms with Gasteiger partial charge in [0.25, 0.3) is 0 Å². The molecular formula is C25H28ClN3. The molecule has 0 saturated carbocycles. The highest BCUT2D eigenvalue weighted by molar-refractivity contribution is 6.30. The number of nitrogens with zero attached hydrogens (tertiary/aromatic N) is 3. The van der Waals surface area contributed by atoms with Crippen LogP contribution in [0.25, 0.3) is 17.1 Å². The molecule has 0 atom stereocenters. The van der Waals surface area contributed by atoms with Crippen LogP contribution < -0.4 is 0 Å². The lowest BCUT2D eigenvalue weighted by Gasteiger charge is -2.27. The van der Waals surface area contributed by atoms with Gasteiger partial charge in [0.2, 0.25) is 0 Å². The number of halogens is 1. The van der Waals surface area contributed by atoms with E-state index in [1.807, 2.05) is 12.1 Å². The Morgan fingerprint density at radius 1 is 1.07 bits per heavy atom. The highest BCUT2D eigenvalue weighted by Gasteiger charge is 2.24. The van der Waals surface area contributed by atoms with E-state index < -0.39 is 0 Å². The lowest BCUT2D eigenvalue weighted by molar-refractivity contribution is 0.502. The molecule has 0 aliphatic carbocycles. The number of fused-ring (bicyclic) bond motifs is 1. The number of rotatable bonds is 3. The van der Waals surface area contributed by atoms with Crippen molar-refractivity contribution in [2.45, 2.75) is 59.5 Å². The second-order valence-electron chi connectivity index (χ2n) is 8.92. The summed E-state index contributed by atoms with van der Waals surface area (Å²) in [5.74, 6) is 1.01. The van der Waals surface area contributed by atoms with Crippen molar-refractivity contribution in [2.75, 3.05) is 0 Å². The minimum atomic E-state index is -0.0473. The quantitative estimate of drug-likeness (QED) is 0.472. The molecule has 0 amide bonds. The molecule has 29 heavy (non-hydrogen) atoms. The Hall–Kier alpha value is -2.39. The first kappa shape index (κ1) is 19.9. The maximum Gasteiger partial charge on any atom is 0.134 e. The first-order valence-corrected chi connectivity index (χ1v) is 10.5. The second-order valence-corrected chi connectivity index (χ2v) is 9.36.